The zero-order valence-corrected chi connectivity index (χ0v) is 36.0. The molecule has 4 aromatic rings. The van der Waals surface area contributed by atoms with E-state index in [1.54, 1.807) is 31.4 Å². The average molecular weight is 863 g/mol. The molecule has 2 amide bonds. The third-order valence-corrected chi connectivity index (χ3v) is 12.7. The molecule has 60 heavy (non-hydrogen) atoms. The van der Waals surface area contributed by atoms with E-state index in [9.17, 15) is 22.8 Å². The Morgan fingerprint density at radius 2 is 1.88 bits per heavy atom. The van der Waals surface area contributed by atoms with Gasteiger partial charge in [0.05, 0.1) is 30.0 Å². The number of para-hydroxylation sites is 1. The van der Waals surface area contributed by atoms with Crippen LogP contribution in [0.3, 0.4) is 0 Å². The zero-order chi connectivity index (χ0) is 43.0. The highest BCUT2D eigenvalue weighted by Gasteiger charge is 2.61. The number of fused-ring (bicyclic) bond motifs is 1. The van der Waals surface area contributed by atoms with Gasteiger partial charge < -0.3 is 40.7 Å². The van der Waals surface area contributed by atoms with Crippen LogP contribution in [0.5, 0.6) is 11.5 Å². The van der Waals surface area contributed by atoms with Crippen molar-refractivity contribution in [3.8, 4) is 22.9 Å². The number of nitrogens with one attached hydrogen (secondary N) is 5. The summed E-state index contributed by atoms with van der Waals surface area (Å²) in [6.07, 6.45) is 3.87. The molecule has 3 heterocycles. The molecule has 1 saturated heterocycles. The van der Waals surface area contributed by atoms with Crippen molar-refractivity contribution >= 4 is 60.9 Å². The molecule has 0 unspecified atom stereocenters. The van der Waals surface area contributed by atoms with E-state index < -0.39 is 51.4 Å². The Kier molecular flexibility index (Phi) is 14.3. The largest absolute Gasteiger partial charge is 0.497 e. The number of methoxy groups -OCH3 is 1. The molecule has 2 aromatic heterocycles. The van der Waals surface area contributed by atoms with Crippen LogP contribution in [0.25, 0.3) is 22.3 Å². The van der Waals surface area contributed by atoms with Crippen LogP contribution in [-0.2, 0) is 24.4 Å². The van der Waals surface area contributed by atoms with Crippen molar-refractivity contribution < 1.29 is 37.4 Å². The highest BCUT2D eigenvalue weighted by molar-refractivity contribution is 7.90. The van der Waals surface area contributed by atoms with Gasteiger partial charge in [-0.2, -0.15) is 0 Å². The maximum atomic E-state index is 13.8. The number of sulfonamides is 1. The van der Waals surface area contributed by atoms with E-state index in [0.29, 0.717) is 60.1 Å². The first-order valence-electron chi connectivity index (χ1n) is 20.1. The Labute approximate surface area is 354 Å². The number of carboxylic acids is 1. The summed E-state index contributed by atoms with van der Waals surface area (Å²) in [6, 6.07) is 13.2. The Balaban J connectivity index is 1.08. The fourth-order valence-electron chi connectivity index (χ4n) is 7.21. The second-order valence-corrected chi connectivity index (χ2v) is 18.0. The van der Waals surface area contributed by atoms with Crippen molar-refractivity contribution in [3.63, 3.8) is 0 Å². The van der Waals surface area contributed by atoms with Gasteiger partial charge in [-0.25, -0.2) is 23.1 Å². The van der Waals surface area contributed by atoms with Crippen molar-refractivity contribution in [3.05, 3.63) is 66.6 Å². The van der Waals surface area contributed by atoms with E-state index in [0.717, 1.165) is 29.9 Å². The van der Waals surface area contributed by atoms with E-state index in [1.165, 1.54) is 17.4 Å². The van der Waals surface area contributed by atoms with Crippen LogP contribution in [0.4, 0.5) is 10.8 Å². The summed E-state index contributed by atoms with van der Waals surface area (Å²) in [5.41, 5.74) is 0.822. The molecule has 322 valence electrons. The van der Waals surface area contributed by atoms with Gasteiger partial charge in [0.25, 0.3) is 15.9 Å². The number of benzene rings is 2. The van der Waals surface area contributed by atoms with Crippen LogP contribution >= 0.6 is 11.3 Å². The molecule has 16 nitrogen and oxygen atoms in total. The zero-order valence-electron chi connectivity index (χ0n) is 34.3. The fourth-order valence-corrected chi connectivity index (χ4v) is 9.28. The van der Waals surface area contributed by atoms with Gasteiger partial charge in [0.1, 0.15) is 33.7 Å². The van der Waals surface area contributed by atoms with Crippen LogP contribution in [0.15, 0.2) is 71.5 Å². The van der Waals surface area contributed by atoms with Gasteiger partial charge in [-0.1, -0.05) is 18.2 Å². The lowest BCUT2D eigenvalue weighted by Crippen LogP contribution is -2.55. The van der Waals surface area contributed by atoms with Crippen LogP contribution in [-0.4, -0.2) is 110 Å². The lowest BCUT2D eigenvalue weighted by Gasteiger charge is -2.22. The van der Waals surface area contributed by atoms with Crippen LogP contribution < -0.4 is 35.5 Å². The van der Waals surface area contributed by atoms with E-state index in [4.69, 9.17) is 24.5 Å². The first-order chi connectivity index (χ1) is 28.7. The number of amides is 2. The molecular formula is C42H54N8O8S2. The number of nitrogens with zero attached hydrogens (tertiary/aromatic N) is 3. The molecule has 6 N–H and O–H groups in total. The maximum absolute atomic E-state index is 13.8. The summed E-state index contributed by atoms with van der Waals surface area (Å²) >= 11 is 1.48. The molecule has 0 radical (unpaired) electrons. The summed E-state index contributed by atoms with van der Waals surface area (Å²) in [7, 11) is -0.820. The van der Waals surface area contributed by atoms with E-state index in [-0.39, 0.29) is 30.2 Å². The summed E-state index contributed by atoms with van der Waals surface area (Å²) < 4.78 is 41.6. The molecule has 2 fully saturated rings. The summed E-state index contributed by atoms with van der Waals surface area (Å²) in [4.78, 5) is 49.9. The highest BCUT2D eigenvalue weighted by atomic mass is 32.2. The number of carbonyl (C=O) groups is 3. The van der Waals surface area contributed by atoms with Gasteiger partial charge >= 0.3 is 5.97 Å². The van der Waals surface area contributed by atoms with Crippen LogP contribution in [0.1, 0.15) is 52.4 Å². The summed E-state index contributed by atoms with van der Waals surface area (Å²) in [5.74, 6) is -1.37. The normalized spacial score (nSPS) is 19.9. The third kappa shape index (κ3) is 10.9. The van der Waals surface area contributed by atoms with E-state index >= 15 is 0 Å². The number of pyridine rings is 1. The van der Waals surface area contributed by atoms with Crippen molar-refractivity contribution in [2.45, 2.75) is 81.0 Å². The molecule has 1 aliphatic heterocycles. The number of unbranched alkanes of at least 4 members (excludes halogenated alkanes) is 1. The van der Waals surface area contributed by atoms with Gasteiger partial charge in [-0.15, -0.1) is 17.9 Å². The Morgan fingerprint density at radius 1 is 1.10 bits per heavy atom. The highest BCUT2D eigenvalue weighted by Crippen LogP contribution is 2.45. The number of aliphatic carboxylic acids is 1. The number of ether oxygens (including phenoxy) is 2. The SMILES string of the molecule is C=C[C@@H]1C[C@@]1(NC(=O)[C@@H]1C[C@@H](Oc2cc(-c3csc(NC(C)C)n3)nc3cc(OC)ccc23)CN1)C(=O)NS(=O)(=O)c1ccccc1NCCCCN(C)CCCC(=O)O. The van der Waals surface area contributed by atoms with Gasteiger partial charge in [-0.05, 0) is 83.9 Å². The Bertz CT molecular complexity index is 2300. The number of anilines is 2. The number of hydrogen-bond acceptors (Lipinski definition) is 14. The molecule has 2 aliphatic rings. The minimum atomic E-state index is -4.35. The van der Waals surface area contributed by atoms with Crippen LogP contribution in [0.2, 0.25) is 0 Å². The van der Waals surface area contributed by atoms with Crippen molar-refractivity contribution in [1.82, 2.24) is 30.2 Å². The number of hydrogen-bond donors (Lipinski definition) is 6. The quantitative estimate of drug-likeness (QED) is 0.0461. The molecule has 6 rings (SSSR count). The molecular weight excluding hydrogens is 809 g/mol. The molecule has 0 bridgehead atoms. The first-order valence-corrected chi connectivity index (χ1v) is 22.4. The monoisotopic (exact) mass is 862 g/mol. The minimum Gasteiger partial charge on any atom is -0.497 e. The van der Waals surface area contributed by atoms with Crippen molar-refractivity contribution in [1.29, 1.82) is 0 Å². The third-order valence-electron chi connectivity index (χ3n) is 10.5. The fraction of sp³-hybridized carbons (Fsp3) is 0.452. The predicted octanol–water partition coefficient (Wildman–Crippen LogP) is 4.85. The number of aromatic nitrogens is 2. The molecule has 4 atom stereocenters. The number of carbonyl (C=O) groups excluding carboxylic acids is 2. The molecule has 18 heteroatoms. The first kappa shape index (κ1) is 44.3. The standard InChI is InChI=1S/C42H54N8O8S2/c1-6-27-23-42(27,40(54)49-60(55,56)37-13-8-7-12-31(37)43-17-9-10-18-50(4)19-11-14-38(51)52)48-39(53)34-21-29(24-44-34)58-36-22-33(35-25-59-41(47-35)45-26(2)3)46-32-20-28(57-5)15-16-30(32)36/h6-8,12-13,15-16,20,22,25-27,29,34,43-44H,1,9-11,14,17-19,21,23-24H2,2-5H3,(H,45,47)(H,48,53)(H,49,54)(H,51,52)/t27-,29-,34+,42+/m1/s1. The number of carboxylic acid groups (broad SMARTS) is 1. The van der Waals surface area contributed by atoms with E-state index in [2.05, 4.69) is 37.5 Å². The van der Waals surface area contributed by atoms with Crippen molar-refractivity contribution in [2.24, 2.45) is 5.92 Å². The van der Waals surface area contributed by atoms with Gasteiger partial charge in [-0.3, -0.25) is 14.4 Å². The predicted molar refractivity (Wildman–Crippen MR) is 232 cm³/mol. The smallest absolute Gasteiger partial charge is 0.303 e. The number of thiazole rings is 1. The Hall–Kier alpha value is -5.30. The van der Waals surface area contributed by atoms with Crippen molar-refractivity contribution in [2.75, 3.05) is 51.0 Å². The van der Waals surface area contributed by atoms with Crippen LogP contribution in [0, 0.1) is 5.92 Å². The molecule has 1 saturated carbocycles. The maximum Gasteiger partial charge on any atom is 0.303 e. The molecule has 1 aliphatic carbocycles. The van der Waals surface area contributed by atoms with E-state index in [1.807, 2.05) is 50.5 Å². The second-order valence-electron chi connectivity index (χ2n) is 15.5. The minimum absolute atomic E-state index is 0.0912. The Morgan fingerprint density at radius 3 is 2.62 bits per heavy atom. The molecule has 0 spiro atoms. The van der Waals surface area contributed by atoms with Gasteiger partial charge in [0.2, 0.25) is 5.91 Å². The second kappa shape index (κ2) is 19.4. The summed E-state index contributed by atoms with van der Waals surface area (Å²) in [6.45, 7) is 10.2. The van der Waals surface area contributed by atoms with Gasteiger partial charge in [0.15, 0.2) is 5.13 Å². The lowest BCUT2D eigenvalue weighted by molar-refractivity contribution is -0.137. The topological polar surface area (TPSA) is 213 Å². The average Bonchev–Trinajstić information content (AvgIpc) is 3.45. The lowest BCUT2D eigenvalue weighted by atomic mass is 10.1. The number of rotatable bonds is 22. The van der Waals surface area contributed by atoms with Gasteiger partial charge in [0, 0.05) is 60.8 Å². The summed E-state index contributed by atoms with van der Waals surface area (Å²) in [5, 5.41) is 24.9. The molecule has 2 aromatic carbocycles.